The van der Waals surface area contributed by atoms with E-state index in [4.69, 9.17) is 0 Å². The number of halogens is 3. The third-order valence-corrected chi connectivity index (χ3v) is 3.31. The molecule has 0 bridgehead atoms. The lowest BCUT2D eigenvalue weighted by Gasteiger charge is -2.09. The average Bonchev–Trinajstić information content (AvgIpc) is 2.81. The number of hydrogen-bond donors (Lipinski definition) is 0. The summed E-state index contributed by atoms with van der Waals surface area (Å²) < 4.78 is 37.7. The summed E-state index contributed by atoms with van der Waals surface area (Å²) in [5.41, 5.74) is 1.09. The van der Waals surface area contributed by atoms with Crippen LogP contribution in [0.2, 0.25) is 0 Å². The molecule has 0 fully saturated rings. The molecule has 0 radical (unpaired) electrons. The third kappa shape index (κ3) is 3.74. The molecular weight excluding hydrogens is 257 g/mol. The van der Waals surface area contributed by atoms with Gasteiger partial charge in [0.05, 0.1) is 6.42 Å². The van der Waals surface area contributed by atoms with E-state index in [2.05, 4.69) is 0 Å². The first-order chi connectivity index (χ1) is 8.54. The molecular formula is C14H11F3S. The molecule has 2 rings (SSSR count). The molecule has 0 unspecified atom stereocenters. The van der Waals surface area contributed by atoms with Crippen LogP contribution in [-0.4, -0.2) is 6.18 Å². The summed E-state index contributed by atoms with van der Waals surface area (Å²) in [4.78, 5) is 0.663. The molecule has 18 heavy (non-hydrogen) atoms. The van der Waals surface area contributed by atoms with Crippen molar-refractivity contribution in [2.24, 2.45) is 0 Å². The Hall–Kier alpha value is -1.55. The Bertz CT molecular complexity index is 510. The minimum Gasteiger partial charge on any atom is -0.171 e. The fourth-order valence-corrected chi connectivity index (χ4v) is 2.38. The molecule has 0 spiro atoms. The number of alkyl halides is 3. The van der Waals surface area contributed by atoms with Crippen molar-refractivity contribution in [3.63, 3.8) is 0 Å². The van der Waals surface area contributed by atoms with Crippen molar-refractivity contribution >= 4 is 23.0 Å². The van der Waals surface area contributed by atoms with Gasteiger partial charge in [0.25, 0.3) is 0 Å². The maximum atomic E-state index is 12.6. The maximum absolute atomic E-state index is 12.6. The van der Waals surface area contributed by atoms with E-state index in [1.807, 2.05) is 18.2 Å². The maximum Gasteiger partial charge on any atom is 0.393 e. The Labute approximate surface area is 107 Å². The van der Waals surface area contributed by atoms with E-state index in [1.165, 1.54) is 11.3 Å². The molecule has 0 atom stereocenters. The monoisotopic (exact) mass is 268 g/mol. The molecule has 1 heterocycles. The van der Waals surface area contributed by atoms with Crippen LogP contribution in [0.4, 0.5) is 13.2 Å². The van der Waals surface area contributed by atoms with Gasteiger partial charge in [0, 0.05) is 4.88 Å². The van der Waals surface area contributed by atoms with Crippen molar-refractivity contribution in [3.05, 3.63) is 58.3 Å². The minimum absolute atomic E-state index is 0.309. The lowest BCUT2D eigenvalue weighted by atomic mass is 10.1. The number of allylic oxidation sites excluding steroid dienone is 1. The highest BCUT2D eigenvalue weighted by atomic mass is 32.1. The zero-order valence-corrected chi connectivity index (χ0v) is 10.3. The number of hydrogen-bond acceptors (Lipinski definition) is 1. The van der Waals surface area contributed by atoms with Crippen LogP contribution in [0.5, 0.6) is 0 Å². The summed E-state index contributed by atoms with van der Waals surface area (Å²) in [5, 5.41) is 1.78. The first-order valence-electron chi connectivity index (χ1n) is 5.41. The molecule has 0 amide bonds. The Morgan fingerprint density at radius 2 is 1.78 bits per heavy atom. The van der Waals surface area contributed by atoms with Crippen LogP contribution < -0.4 is 0 Å². The van der Waals surface area contributed by atoms with Crippen molar-refractivity contribution in [3.8, 4) is 0 Å². The molecule has 0 aliphatic rings. The van der Waals surface area contributed by atoms with Gasteiger partial charge in [0.15, 0.2) is 0 Å². The zero-order chi connectivity index (χ0) is 13.0. The molecule has 0 aliphatic heterocycles. The van der Waals surface area contributed by atoms with E-state index in [0.29, 0.717) is 10.5 Å². The SMILES string of the molecule is FC(F)(F)CC(=Cc1ccccc1)c1cccs1. The van der Waals surface area contributed by atoms with Crippen molar-refractivity contribution in [1.82, 2.24) is 0 Å². The average molecular weight is 268 g/mol. The van der Waals surface area contributed by atoms with Gasteiger partial charge in [-0.1, -0.05) is 42.5 Å². The number of rotatable bonds is 3. The van der Waals surface area contributed by atoms with E-state index >= 15 is 0 Å². The summed E-state index contributed by atoms with van der Waals surface area (Å²) in [5.74, 6) is 0. The van der Waals surface area contributed by atoms with Crippen LogP contribution in [-0.2, 0) is 0 Å². The Morgan fingerprint density at radius 3 is 2.33 bits per heavy atom. The summed E-state index contributed by atoms with van der Waals surface area (Å²) in [7, 11) is 0. The van der Waals surface area contributed by atoms with Crippen molar-refractivity contribution in [1.29, 1.82) is 0 Å². The Kier molecular flexibility index (Phi) is 3.87. The van der Waals surface area contributed by atoms with Crippen molar-refractivity contribution in [2.75, 3.05) is 0 Å². The second-order valence-electron chi connectivity index (χ2n) is 3.85. The first kappa shape index (κ1) is 12.9. The van der Waals surface area contributed by atoms with E-state index in [0.717, 1.165) is 5.56 Å². The molecule has 94 valence electrons. The largest absolute Gasteiger partial charge is 0.393 e. The predicted octanol–water partition coefficient (Wildman–Crippen LogP) is 5.24. The van der Waals surface area contributed by atoms with E-state index in [9.17, 15) is 13.2 Å². The van der Waals surface area contributed by atoms with Gasteiger partial charge in [0.1, 0.15) is 0 Å². The van der Waals surface area contributed by atoms with Crippen LogP contribution in [0.25, 0.3) is 11.6 Å². The molecule has 2 aromatic rings. The molecule has 0 saturated heterocycles. The van der Waals surface area contributed by atoms with Crippen LogP contribution in [0.3, 0.4) is 0 Å². The standard InChI is InChI=1S/C14H11F3S/c15-14(16,17)10-12(13-7-4-8-18-13)9-11-5-2-1-3-6-11/h1-9H,10H2. The Morgan fingerprint density at radius 1 is 1.06 bits per heavy atom. The molecule has 0 nitrogen and oxygen atoms in total. The Balaban J connectivity index is 2.34. The molecule has 0 aliphatic carbocycles. The van der Waals surface area contributed by atoms with Gasteiger partial charge in [-0.25, -0.2) is 0 Å². The highest BCUT2D eigenvalue weighted by Crippen LogP contribution is 2.33. The zero-order valence-electron chi connectivity index (χ0n) is 9.45. The fraction of sp³-hybridized carbons (Fsp3) is 0.143. The van der Waals surface area contributed by atoms with Crippen LogP contribution >= 0.6 is 11.3 Å². The first-order valence-corrected chi connectivity index (χ1v) is 6.29. The third-order valence-electron chi connectivity index (χ3n) is 2.37. The van der Waals surface area contributed by atoms with Gasteiger partial charge in [-0.2, -0.15) is 13.2 Å². The lowest BCUT2D eigenvalue weighted by molar-refractivity contribution is -0.122. The highest BCUT2D eigenvalue weighted by Gasteiger charge is 2.29. The van der Waals surface area contributed by atoms with Gasteiger partial charge in [-0.15, -0.1) is 11.3 Å². The van der Waals surface area contributed by atoms with Crippen LogP contribution in [0.1, 0.15) is 16.9 Å². The van der Waals surface area contributed by atoms with Gasteiger partial charge in [-0.05, 0) is 22.6 Å². The smallest absolute Gasteiger partial charge is 0.171 e. The summed E-state index contributed by atoms with van der Waals surface area (Å²) >= 11 is 1.32. The van der Waals surface area contributed by atoms with Crippen LogP contribution in [0.15, 0.2) is 47.8 Å². The van der Waals surface area contributed by atoms with Crippen molar-refractivity contribution in [2.45, 2.75) is 12.6 Å². The number of thiophene rings is 1. The topological polar surface area (TPSA) is 0 Å². The minimum atomic E-state index is -4.19. The summed E-state index contributed by atoms with van der Waals surface area (Å²) in [6, 6.07) is 12.5. The van der Waals surface area contributed by atoms with Gasteiger partial charge < -0.3 is 0 Å². The van der Waals surface area contributed by atoms with Gasteiger partial charge in [0.2, 0.25) is 0 Å². The van der Waals surface area contributed by atoms with E-state index in [1.54, 1.807) is 35.7 Å². The second-order valence-corrected chi connectivity index (χ2v) is 4.80. The summed E-state index contributed by atoms with van der Waals surface area (Å²) in [6.07, 6.45) is -3.49. The van der Waals surface area contributed by atoms with E-state index in [-0.39, 0.29) is 0 Å². The molecule has 0 saturated carbocycles. The molecule has 1 aromatic carbocycles. The molecule has 1 aromatic heterocycles. The van der Waals surface area contributed by atoms with Gasteiger partial charge >= 0.3 is 6.18 Å². The highest BCUT2D eigenvalue weighted by molar-refractivity contribution is 7.11. The van der Waals surface area contributed by atoms with Gasteiger partial charge in [-0.3, -0.25) is 0 Å². The fourth-order valence-electron chi connectivity index (χ4n) is 1.64. The quantitative estimate of drug-likeness (QED) is 0.714. The number of benzene rings is 1. The molecule has 4 heteroatoms. The normalized spacial score (nSPS) is 12.7. The van der Waals surface area contributed by atoms with E-state index < -0.39 is 12.6 Å². The molecule has 0 N–H and O–H groups in total. The second kappa shape index (κ2) is 5.40. The van der Waals surface area contributed by atoms with Crippen LogP contribution in [0, 0.1) is 0 Å². The summed E-state index contributed by atoms with van der Waals surface area (Å²) in [6.45, 7) is 0. The lowest BCUT2D eigenvalue weighted by Crippen LogP contribution is -2.07. The van der Waals surface area contributed by atoms with Crippen molar-refractivity contribution < 1.29 is 13.2 Å². The predicted molar refractivity (Wildman–Crippen MR) is 69.3 cm³/mol.